The molecule has 0 saturated heterocycles. The van der Waals surface area contributed by atoms with Gasteiger partial charge in [-0.2, -0.15) is 0 Å². The van der Waals surface area contributed by atoms with Crippen LogP contribution in [0.1, 0.15) is 32.0 Å². The number of benzene rings is 2. The number of rotatable bonds is 4. The van der Waals surface area contributed by atoms with Crippen LogP contribution < -0.4 is 5.32 Å². The van der Waals surface area contributed by atoms with Gasteiger partial charge in [0.05, 0.1) is 11.2 Å². The van der Waals surface area contributed by atoms with Gasteiger partial charge in [-0.3, -0.25) is 19.7 Å². The number of nitro groups is 1. The molecule has 8 nitrogen and oxygen atoms in total. The van der Waals surface area contributed by atoms with Crippen LogP contribution in [0.25, 0.3) is 0 Å². The number of anilines is 1. The molecule has 0 fully saturated rings. The SMILES string of the molecule is O=C(Nc1ccc2c(c1)CN(C(=O)c1ccco1)CC2)c1cc(Cl)ccc1[N+](=O)[O-]. The van der Waals surface area contributed by atoms with Gasteiger partial charge in [-0.05, 0) is 53.9 Å². The number of hydrogen-bond donors (Lipinski definition) is 1. The first-order valence-electron chi connectivity index (χ1n) is 9.12. The van der Waals surface area contributed by atoms with E-state index < -0.39 is 10.8 Å². The lowest BCUT2D eigenvalue weighted by molar-refractivity contribution is -0.385. The summed E-state index contributed by atoms with van der Waals surface area (Å²) >= 11 is 5.90. The third-order valence-electron chi connectivity index (χ3n) is 4.90. The second-order valence-corrected chi connectivity index (χ2v) is 7.25. The molecule has 2 aromatic carbocycles. The summed E-state index contributed by atoms with van der Waals surface area (Å²) in [6, 6.07) is 12.5. The van der Waals surface area contributed by atoms with E-state index in [1.165, 1.54) is 24.5 Å². The van der Waals surface area contributed by atoms with E-state index in [9.17, 15) is 19.7 Å². The Morgan fingerprint density at radius 2 is 1.97 bits per heavy atom. The summed E-state index contributed by atoms with van der Waals surface area (Å²) in [5, 5.41) is 14.1. The molecule has 1 aliphatic heterocycles. The number of carbonyl (C=O) groups excluding carboxylic acids is 2. The Bertz CT molecular complexity index is 1140. The van der Waals surface area contributed by atoms with Crippen LogP contribution in [0.3, 0.4) is 0 Å². The fraction of sp³-hybridized carbons (Fsp3) is 0.143. The molecule has 0 spiro atoms. The number of nitrogens with zero attached hydrogens (tertiary/aromatic N) is 2. The fourth-order valence-corrected chi connectivity index (χ4v) is 3.58. The van der Waals surface area contributed by atoms with E-state index in [0.29, 0.717) is 25.2 Å². The minimum atomic E-state index is -0.636. The highest BCUT2D eigenvalue weighted by atomic mass is 35.5. The van der Waals surface area contributed by atoms with Crippen molar-refractivity contribution in [1.82, 2.24) is 4.90 Å². The number of fused-ring (bicyclic) bond motifs is 1. The molecule has 30 heavy (non-hydrogen) atoms. The second kappa shape index (κ2) is 8.00. The molecule has 0 radical (unpaired) electrons. The van der Waals surface area contributed by atoms with Crippen molar-refractivity contribution in [2.75, 3.05) is 11.9 Å². The van der Waals surface area contributed by atoms with Crippen molar-refractivity contribution in [3.05, 3.63) is 92.4 Å². The van der Waals surface area contributed by atoms with Crippen LogP contribution in [-0.4, -0.2) is 28.2 Å². The summed E-state index contributed by atoms with van der Waals surface area (Å²) in [5.74, 6) is -0.561. The van der Waals surface area contributed by atoms with E-state index in [1.54, 1.807) is 29.2 Å². The molecule has 2 amide bonds. The molecule has 0 bridgehead atoms. The largest absolute Gasteiger partial charge is 0.459 e. The molecule has 0 aliphatic carbocycles. The average molecular weight is 426 g/mol. The van der Waals surface area contributed by atoms with Crippen molar-refractivity contribution in [1.29, 1.82) is 0 Å². The van der Waals surface area contributed by atoms with E-state index in [4.69, 9.17) is 16.0 Å². The van der Waals surface area contributed by atoms with Crippen LogP contribution in [0.2, 0.25) is 5.02 Å². The maximum absolute atomic E-state index is 12.6. The predicted molar refractivity (Wildman–Crippen MR) is 110 cm³/mol. The Balaban J connectivity index is 1.55. The van der Waals surface area contributed by atoms with Crippen molar-refractivity contribution in [3.8, 4) is 0 Å². The summed E-state index contributed by atoms with van der Waals surface area (Å²) < 4.78 is 5.19. The summed E-state index contributed by atoms with van der Waals surface area (Å²) in [5.41, 5.74) is 1.98. The van der Waals surface area contributed by atoms with Gasteiger partial charge in [0, 0.05) is 29.9 Å². The highest BCUT2D eigenvalue weighted by molar-refractivity contribution is 6.31. The normalized spacial score (nSPS) is 12.9. The average Bonchev–Trinajstić information content (AvgIpc) is 3.27. The first-order chi connectivity index (χ1) is 14.4. The smallest absolute Gasteiger partial charge is 0.289 e. The lowest BCUT2D eigenvalue weighted by atomic mass is 9.98. The molecule has 0 saturated carbocycles. The van der Waals surface area contributed by atoms with Crippen molar-refractivity contribution in [3.63, 3.8) is 0 Å². The molecule has 2 heterocycles. The predicted octanol–water partition coefficient (Wildman–Crippen LogP) is 4.29. The minimum Gasteiger partial charge on any atom is -0.459 e. The van der Waals surface area contributed by atoms with Crippen LogP contribution in [-0.2, 0) is 13.0 Å². The number of amides is 2. The van der Waals surface area contributed by atoms with Crippen molar-refractivity contribution in [2.45, 2.75) is 13.0 Å². The highest BCUT2D eigenvalue weighted by Crippen LogP contribution is 2.27. The second-order valence-electron chi connectivity index (χ2n) is 6.81. The van der Waals surface area contributed by atoms with Crippen LogP contribution in [0, 0.1) is 10.1 Å². The molecule has 4 rings (SSSR count). The van der Waals surface area contributed by atoms with Crippen LogP contribution >= 0.6 is 11.6 Å². The van der Waals surface area contributed by atoms with Gasteiger partial charge in [0.15, 0.2) is 5.76 Å². The lowest BCUT2D eigenvalue weighted by Gasteiger charge is -2.28. The molecular formula is C21H16ClN3O5. The molecular weight excluding hydrogens is 410 g/mol. The highest BCUT2D eigenvalue weighted by Gasteiger charge is 2.25. The van der Waals surface area contributed by atoms with Gasteiger partial charge in [-0.15, -0.1) is 0 Å². The number of hydrogen-bond acceptors (Lipinski definition) is 5. The van der Waals surface area contributed by atoms with E-state index >= 15 is 0 Å². The molecule has 1 aromatic heterocycles. The Kier molecular flexibility index (Phi) is 5.24. The van der Waals surface area contributed by atoms with Gasteiger partial charge in [-0.25, -0.2) is 0 Å². The fourth-order valence-electron chi connectivity index (χ4n) is 3.41. The first-order valence-corrected chi connectivity index (χ1v) is 9.50. The number of halogens is 1. The van der Waals surface area contributed by atoms with Crippen molar-refractivity contribution in [2.24, 2.45) is 0 Å². The van der Waals surface area contributed by atoms with Crippen LogP contribution in [0.4, 0.5) is 11.4 Å². The van der Waals surface area contributed by atoms with Gasteiger partial charge in [0.25, 0.3) is 17.5 Å². The zero-order valence-corrected chi connectivity index (χ0v) is 16.4. The Morgan fingerprint density at radius 3 is 2.70 bits per heavy atom. The molecule has 152 valence electrons. The van der Waals surface area contributed by atoms with Crippen LogP contribution in [0.15, 0.2) is 59.2 Å². The standard InChI is InChI=1S/C21H16ClN3O5/c22-15-4-6-18(25(28)29)17(11-15)20(26)23-16-5-3-13-7-8-24(12-14(13)10-16)21(27)19-2-1-9-30-19/h1-6,9-11H,7-8,12H2,(H,23,26). The number of carbonyl (C=O) groups is 2. The molecule has 3 aromatic rings. The first kappa shape index (κ1) is 19.7. The zero-order chi connectivity index (χ0) is 21.3. The van der Waals surface area contributed by atoms with E-state index in [1.807, 2.05) is 6.07 Å². The van der Waals surface area contributed by atoms with E-state index in [-0.39, 0.29) is 27.9 Å². The van der Waals surface area contributed by atoms with Gasteiger partial charge in [-0.1, -0.05) is 17.7 Å². The maximum Gasteiger partial charge on any atom is 0.289 e. The van der Waals surface area contributed by atoms with Crippen molar-refractivity contribution < 1.29 is 18.9 Å². The molecule has 0 atom stereocenters. The molecule has 1 aliphatic rings. The van der Waals surface area contributed by atoms with Gasteiger partial charge in [0.2, 0.25) is 0 Å². The lowest BCUT2D eigenvalue weighted by Crippen LogP contribution is -2.35. The zero-order valence-electron chi connectivity index (χ0n) is 15.6. The number of furan rings is 1. The third-order valence-corrected chi connectivity index (χ3v) is 5.13. The Labute approximate surface area is 176 Å². The summed E-state index contributed by atoms with van der Waals surface area (Å²) in [6.45, 7) is 0.933. The van der Waals surface area contributed by atoms with Crippen LogP contribution in [0.5, 0.6) is 0 Å². The van der Waals surface area contributed by atoms with Crippen molar-refractivity contribution >= 4 is 34.8 Å². The molecule has 0 unspecified atom stereocenters. The minimum absolute atomic E-state index is 0.125. The van der Waals surface area contributed by atoms with Gasteiger partial charge < -0.3 is 14.6 Å². The Morgan fingerprint density at radius 1 is 1.13 bits per heavy atom. The topological polar surface area (TPSA) is 106 Å². The summed E-state index contributed by atoms with van der Waals surface area (Å²) in [7, 11) is 0. The monoisotopic (exact) mass is 425 g/mol. The Hall–Kier alpha value is -3.65. The maximum atomic E-state index is 12.6. The summed E-state index contributed by atoms with van der Waals surface area (Å²) in [4.78, 5) is 37.4. The molecule has 1 N–H and O–H groups in total. The number of nitro benzene ring substituents is 1. The van der Waals surface area contributed by atoms with Gasteiger partial charge >= 0.3 is 0 Å². The van der Waals surface area contributed by atoms with E-state index in [2.05, 4.69) is 5.32 Å². The molecule has 9 heteroatoms. The summed E-state index contributed by atoms with van der Waals surface area (Å²) in [6.07, 6.45) is 2.13. The van der Waals surface area contributed by atoms with Gasteiger partial charge in [0.1, 0.15) is 5.56 Å². The third kappa shape index (κ3) is 3.90. The quantitative estimate of drug-likeness (QED) is 0.495. The number of nitrogens with one attached hydrogen (secondary N) is 1. The van der Waals surface area contributed by atoms with E-state index in [0.717, 1.165) is 11.1 Å².